The summed E-state index contributed by atoms with van der Waals surface area (Å²) in [6.45, 7) is 0. The molecular weight excluding hydrogens is 248 g/mol. The first-order valence-corrected chi connectivity index (χ1v) is 6.41. The van der Waals surface area contributed by atoms with Crippen LogP contribution >= 0.6 is 11.6 Å². The zero-order chi connectivity index (χ0) is 12.5. The molecule has 1 amide bonds. The molecule has 3 nitrogen and oxygen atoms in total. The van der Waals surface area contributed by atoms with Crippen molar-refractivity contribution in [3.63, 3.8) is 0 Å². The van der Waals surface area contributed by atoms with Crippen LogP contribution in [0, 0.1) is 11.8 Å². The molecule has 1 saturated carbocycles. The van der Waals surface area contributed by atoms with Crippen molar-refractivity contribution < 1.29 is 4.79 Å². The van der Waals surface area contributed by atoms with E-state index in [9.17, 15) is 4.79 Å². The number of hydrazone groups is 1. The molecule has 1 aromatic carbocycles. The summed E-state index contributed by atoms with van der Waals surface area (Å²) in [7, 11) is 0. The molecule has 1 N–H and O–H groups in total. The fraction of sp³-hybridized carbons (Fsp3) is 0.286. The number of nitrogens with one attached hydrogen (secondary N) is 1. The molecule has 0 spiro atoms. The van der Waals surface area contributed by atoms with Gasteiger partial charge < -0.3 is 0 Å². The minimum absolute atomic E-state index is 0.187. The first-order valence-electron chi connectivity index (χ1n) is 6.03. The number of benzene rings is 1. The molecule has 0 unspecified atom stereocenters. The highest BCUT2D eigenvalue weighted by Crippen LogP contribution is 2.40. The molecule has 1 fully saturated rings. The molecule has 0 saturated heterocycles. The zero-order valence-corrected chi connectivity index (χ0v) is 10.5. The number of halogens is 1. The minimum atomic E-state index is -0.187. The number of allylic oxidation sites excluding steroid dienone is 2. The van der Waals surface area contributed by atoms with Crippen LogP contribution in [-0.2, 0) is 0 Å². The van der Waals surface area contributed by atoms with E-state index in [1.807, 2.05) is 0 Å². The lowest BCUT2D eigenvalue weighted by atomic mass is 9.74. The summed E-state index contributed by atoms with van der Waals surface area (Å²) in [5.41, 5.74) is 4.29. The van der Waals surface area contributed by atoms with Gasteiger partial charge in [-0.05, 0) is 43.0 Å². The van der Waals surface area contributed by atoms with E-state index in [2.05, 4.69) is 22.7 Å². The van der Waals surface area contributed by atoms with Crippen LogP contribution in [0.3, 0.4) is 0 Å². The second-order valence-corrected chi connectivity index (χ2v) is 5.13. The minimum Gasteiger partial charge on any atom is -0.267 e. The SMILES string of the molecule is O=C(N/N=C1\C[C@@H]2C=CC[C@@H]12)c1ccc(Cl)cc1. The predicted molar refractivity (Wildman–Crippen MR) is 71.7 cm³/mol. The van der Waals surface area contributed by atoms with Crippen molar-refractivity contribution in [2.75, 3.05) is 0 Å². The monoisotopic (exact) mass is 260 g/mol. The molecule has 92 valence electrons. The molecule has 0 bridgehead atoms. The van der Waals surface area contributed by atoms with Gasteiger partial charge in [-0.25, -0.2) is 5.43 Å². The Hall–Kier alpha value is -1.61. The van der Waals surface area contributed by atoms with Gasteiger partial charge >= 0.3 is 0 Å². The third-order valence-electron chi connectivity index (χ3n) is 3.57. The number of carbonyl (C=O) groups excluding carboxylic acids is 1. The molecule has 1 aromatic rings. The first-order chi connectivity index (χ1) is 8.74. The molecule has 4 heteroatoms. The summed E-state index contributed by atoms with van der Waals surface area (Å²) >= 11 is 5.77. The largest absolute Gasteiger partial charge is 0.271 e. The number of hydrogen-bond donors (Lipinski definition) is 1. The Labute approximate surface area is 111 Å². The Morgan fingerprint density at radius 1 is 1.33 bits per heavy atom. The first kappa shape index (κ1) is 11.5. The van der Waals surface area contributed by atoms with E-state index in [1.165, 1.54) is 0 Å². The summed E-state index contributed by atoms with van der Waals surface area (Å²) < 4.78 is 0. The maximum Gasteiger partial charge on any atom is 0.271 e. The highest BCUT2D eigenvalue weighted by Gasteiger charge is 2.37. The summed E-state index contributed by atoms with van der Waals surface area (Å²) in [4.78, 5) is 11.8. The van der Waals surface area contributed by atoms with Crippen molar-refractivity contribution >= 4 is 23.2 Å². The highest BCUT2D eigenvalue weighted by molar-refractivity contribution is 6.30. The Kier molecular flexibility index (Phi) is 2.92. The highest BCUT2D eigenvalue weighted by atomic mass is 35.5. The van der Waals surface area contributed by atoms with Crippen LogP contribution in [0.5, 0.6) is 0 Å². The lowest BCUT2D eigenvalue weighted by molar-refractivity contribution is 0.0954. The normalized spacial score (nSPS) is 26.8. The van der Waals surface area contributed by atoms with Crippen molar-refractivity contribution in [3.8, 4) is 0 Å². The van der Waals surface area contributed by atoms with Crippen molar-refractivity contribution in [3.05, 3.63) is 47.0 Å². The Bertz CT molecular complexity index is 533. The average molecular weight is 261 g/mol. The van der Waals surface area contributed by atoms with Gasteiger partial charge in [-0.1, -0.05) is 23.8 Å². The topological polar surface area (TPSA) is 41.5 Å². The van der Waals surface area contributed by atoms with Crippen LogP contribution in [0.4, 0.5) is 0 Å². The van der Waals surface area contributed by atoms with Gasteiger partial charge in [-0.3, -0.25) is 4.79 Å². The van der Waals surface area contributed by atoms with Crippen LogP contribution < -0.4 is 5.43 Å². The molecule has 0 heterocycles. The fourth-order valence-electron chi connectivity index (χ4n) is 2.45. The van der Waals surface area contributed by atoms with E-state index in [4.69, 9.17) is 11.6 Å². The van der Waals surface area contributed by atoms with Gasteiger partial charge in [-0.2, -0.15) is 5.10 Å². The smallest absolute Gasteiger partial charge is 0.267 e. The van der Waals surface area contributed by atoms with Crippen LogP contribution in [0.2, 0.25) is 5.02 Å². The molecule has 2 aliphatic carbocycles. The van der Waals surface area contributed by atoms with E-state index in [0.717, 1.165) is 18.6 Å². The third kappa shape index (κ3) is 2.06. The van der Waals surface area contributed by atoms with Crippen LogP contribution in [0.1, 0.15) is 23.2 Å². The standard InChI is InChI=1S/C14H13ClN2O/c15-11-6-4-9(5-7-11)14(18)17-16-13-8-10-2-1-3-12(10)13/h1-2,4-7,10,12H,3,8H2,(H,17,18)/b16-13+/t10-,12+/m0/s1. The molecular formula is C14H13ClN2O. The number of rotatable bonds is 2. The Morgan fingerprint density at radius 2 is 2.11 bits per heavy atom. The quantitative estimate of drug-likeness (QED) is 0.645. The van der Waals surface area contributed by atoms with Crippen LogP contribution in [0.25, 0.3) is 0 Å². The van der Waals surface area contributed by atoms with E-state index >= 15 is 0 Å². The van der Waals surface area contributed by atoms with Gasteiger partial charge in [-0.15, -0.1) is 0 Å². The van der Waals surface area contributed by atoms with Crippen LogP contribution in [0.15, 0.2) is 41.5 Å². The lowest BCUT2D eigenvalue weighted by Crippen LogP contribution is -2.35. The molecule has 0 aliphatic heterocycles. The van der Waals surface area contributed by atoms with Crippen molar-refractivity contribution in [1.29, 1.82) is 0 Å². The summed E-state index contributed by atoms with van der Waals surface area (Å²) in [5, 5.41) is 4.84. The fourth-order valence-corrected chi connectivity index (χ4v) is 2.58. The van der Waals surface area contributed by atoms with E-state index in [-0.39, 0.29) is 5.91 Å². The third-order valence-corrected chi connectivity index (χ3v) is 3.82. The number of fused-ring (bicyclic) bond motifs is 1. The van der Waals surface area contributed by atoms with Gasteiger partial charge in [0.05, 0.1) is 0 Å². The number of hydrogen-bond acceptors (Lipinski definition) is 2. The van der Waals surface area contributed by atoms with Gasteiger partial charge in [0.25, 0.3) is 5.91 Å². The van der Waals surface area contributed by atoms with Gasteiger partial charge in [0.1, 0.15) is 0 Å². The molecule has 0 aromatic heterocycles. The number of nitrogens with zero attached hydrogens (tertiary/aromatic N) is 1. The van der Waals surface area contributed by atoms with E-state index in [1.54, 1.807) is 24.3 Å². The van der Waals surface area contributed by atoms with Gasteiger partial charge in [0.2, 0.25) is 0 Å². The van der Waals surface area contributed by atoms with Gasteiger partial charge in [0.15, 0.2) is 0 Å². The molecule has 2 aliphatic rings. The van der Waals surface area contributed by atoms with Crippen molar-refractivity contribution in [1.82, 2.24) is 5.43 Å². The van der Waals surface area contributed by atoms with Crippen molar-refractivity contribution in [2.24, 2.45) is 16.9 Å². The summed E-state index contributed by atoms with van der Waals surface area (Å²) in [6.07, 6.45) is 6.46. The average Bonchev–Trinajstić information content (AvgIpc) is 2.72. The summed E-state index contributed by atoms with van der Waals surface area (Å²) in [5.74, 6) is 0.986. The number of carbonyl (C=O) groups is 1. The predicted octanol–water partition coefficient (Wildman–Crippen LogP) is 3.02. The molecule has 2 atom stereocenters. The second kappa shape index (κ2) is 4.58. The van der Waals surface area contributed by atoms with Gasteiger partial charge in [0, 0.05) is 22.2 Å². The van der Waals surface area contributed by atoms with E-state index in [0.29, 0.717) is 22.4 Å². The van der Waals surface area contributed by atoms with Crippen LogP contribution in [-0.4, -0.2) is 11.6 Å². The number of amides is 1. The Balaban J connectivity index is 1.62. The van der Waals surface area contributed by atoms with E-state index < -0.39 is 0 Å². The Morgan fingerprint density at radius 3 is 2.83 bits per heavy atom. The maximum atomic E-state index is 11.8. The maximum absolute atomic E-state index is 11.8. The van der Waals surface area contributed by atoms with Crippen molar-refractivity contribution in [2.45, 2.75) is 12.8 Å². The summed E-state index contributed by atoms with van der Waals surface area (Å²) in [6, 6.07) is 6.78. The molecule has 18 heavy (non-hydrogen) atoms. The second-order valence-electron chi connectivity index (χ2n) is 4.69. The molecule has 0 radical (unpaired) electrons. The zero-order valence-electron chi connectivity index (χ0n) is 9.77. The molecule has 3 rings (SSSR count). The lowest BCUT2D eigenvalue weighted by Gasteiger charge is -2.31.